The highest BCUT2D eigenvalue weighted by Crippen LogP contribution is 2.18. The zero-order valence-electron chi connectivity index (χ0n) is 9.86. The SMILES string of the molecule is CC.CC(C)c1ccc2ncncc2c1. The van der Waals surface area contributed by atoms with Gasteiger partial charge >= 0.3 is 0 Å². The Balaban J connectivity index is 0.000000531. The topological polar surface area (TPSA) is 25.8 Å². The van der Waals surface area contributed by atoms with Crippen LogP contribution in [0.4, 0.5) is 0 Å². The van der Waals surface area contributed by atoms with Crippen LogP contribution in [0.3, 0.4) is 0 Å². The molecule has 0 bridgehead atoms. The first-order chi connectivity index (χ1) is 7.27. The van der Waals surface area contributed by atoms with Crippen molar-refractivity contribution in [3.05, 3.63) is 36.3 Å². The third-order valence-corrected chi connectivity index (χ3v) is 2.20. The third-order valence-electron chi connectivity index (χ3n) is 2.20. The van der Waals surface area contributed by atoms with Crippen molar-refractivity contribution in [3.8, 4) is 0 Å². The number of aromatic nitrogens is 2. The Morgan fingerprint density at radius 2 is 1.87 bits per heavy atom. The monoisotopic (exact) mass is 202 g/mol. The molecule has 0 aliphatic carbocycles. The fraction of sp³-hybridized carbons (Fsp3) is 0.385. The van der Waals surface area contributed by atoms with E-state index in [0.717, 1.165) is 10.9 Å². The summed E-state index contributed by atoms with van der Waals surface area (Å²) in [5.74, 6) is 0.560. The second-order valence-corrected chi connectivity index (χ2v) is 3.50. The maximum atomic E-state index is 4.17. The summed E-state index contributed by atoms with van der Waals surface area (Å²) in [6, 6.07) is 6.33. The summed E-state index contributed by atoms with van der Waals surface area (Å²) in [7, 11) is 0. The number of hydrogen-bond acceptors (Lipinski definition) is 2. The highest BCUT2D eigenvalue weighted by molar-refractivity contribution is 5.78. The van der Waals surface area contributed by atoms with Crippen molar-refractivity contribution in [2.24, 2.45) is 0 Å². The second-order valence-electron chi connectivity index (χ2n) is 3.50. The van der Waals surface area contributed by atoms with E-state index >= 15 is 0 Å². The first-order valence-electron chi connectivity index (χ1n) is 5.47. The Labute approximate surface area is 91.4 Å². The molecule has 1 aromatic heterocycles. The Kier molecular flexibility index (Phi) is 4.22. The molecule has 0 saturated heterocycles. The molecule has 2 rings (SSSR count). The van der Waals surface area contributed by atoms with E-state index in [9.17, 15) is 0 Å². The van der Waals surface area contributed by atoms with Gasteiger partial charge in [0.25, 0.3) is 0 Å². The van der Waals surface area contributed by atoms with Crippen molar-refractivity contribution >= 4 is 10.9 Å². The maximum absolute atomic E-state index is 4.17. The zero-order chi connectivity index (χ0) is 11.3. The minimum Gasteiger partial charge on any atom is -0.244 e. The van der Waals surface area contributed by atoms with Crippen LogP contribution in [0.15, 0.2) is 30.7 Å². The molecule has 0 N–H and O–H groups in total. The predicted octanol–water partition coefficient (Wildman–Crippen LogP) is 3.78. The number of nitrogens with zero attached hydrogens (tertiary/aromatic N) is 2. The number of benzene rings is 1. The van der Waals surface area contributed by atoms with Crippen molar-refractivity contribution < 1.29 is 0 Å². The van der Waals surface area contributed by atoms with Crippen molar-refractivity contribution in [2.75, 3.05) is 0 Å². The van der Waals surface area contributed by atoms with E-state index in [2.05, 4.69) is 35.9 Å². The quantitative estimate of drug-likeness (QED) is 0.703. The van der Waals surface area contributed by atoms with Gasteiger partial charge in [0.2, 0.25) is 0 Å². The average molecular weight is 202 g/mol. The molecule has 0 atom stereocenters. The van der Waals surface area contributed by atoms with Gasteiger partial charge in [-0.2, -0.15) is 0 Å². The van der Waals surface area contributed by atoms with Gasteiger partial charge in [0, 0.05) is 11.6 Å². The number of fused-ring (bicyclic) bond motifs is 1. The predicted molar refractivity (Wildman–Crippen MR) is 65.0 cm³/mol. The first-order valence-corrected chi connectivity index (χ1v) is 5.47. The van der Waals surface area contributed by atoms with Crippen LogP contribution in [-0.4, -0.2) is 9.97 Å². The van der Waals surface area contributed by atoms with Crippen LogP contribution in [0.25, 0.3) is 10.9 Å². The highest BCUT2D eigenvalue weighted by atomic mass is 14.8. The van der Waals surface area contributed by atoms with Crippen LogP contribution in [0.5, 0.6) is 0 Å². The Hall–Kier alpha value is -1.44. The van der Waals surface area contributed by atoms with Gasteiger partial charge in [-0.25, -0.2) is 9.97 Å². The minimum absolute atomic E-state index is 0.560. The molecule has 0 spiro atoms. The molecule has 0 saturated carbocycles. The Bertz CT molecular complexity index is 422. The van der Waals surface area contributed by atoms with Crippen LogP contribution < -0.4 is 0 Å². The molecule has 1 heterocycles. The van der Waals surface area contributed by atoms with Crippen LogP contribution in [0, 0.1) is 0 Å². The molecule has 15 heavy (non-hydrogen) atoms. The van der Waals surface area contributed by atoms with E-state index in [1.165, 1.54) is 5.56 Å². The Morgan fingerprint density at radius 1 is 1.13 bits per heavy atom. The van der Waals surface area contributed by atoms with Crippen molar-refractivity contribution in [3.63, 3.8) is 0 Å². The largest absolute Gasteiger partial charge is 0.244 e. The van der Waals surface area contributed by atoms with Crippen molar-refractivity contribution in [1.82, 2.24) is 9.97 Å². The normalized spacial score (nSPS) is 9.93. The standard InChI is InChI=1S/C11H12N2.C2H6/c1-8(2)9-3-4-11-10(5-9)6-12-7-13-11;1-2/h3-8H,1-2H3;1-2H3. The molecule has 0 unspecified atom stereocenters. The van der Waals surface area contributed by atoms with Gasteiger partial charge < -0.3 is 0 Å². The number of hydrogen-bond donors (Lipinski definition) is 0. The molecule has 0 aliphatic rings. The molecule has 0 radical (unpaired) electrons. The first kappa shape index (κ1) is 11.6. The van der Waals surface area contributed by atoms with Crippen LogP contribution in [-0.2, 0) is 0 Å². The van der Waals surface area contributed by atoms with Crippen LogP contribution >= 0.6 is 0 Å². The molecule has 2 aromatic rings. The molecular weight excluding hydrogens is 184 g/mol. The van der Waals surface area contributed by atoms with E-state index in [1.807, 2.05) is 26.1 Å². The molecule has 80 valence electrons. The number of rotatable bonds is 1. The van der Waals surface area contributed by atoms with Gasteiger partial charge in [-0.3, -0.25) is 0 Å². The summed E-state index contributed by atoms with van der Waals surface area (Å²) in [5, 5.41) is 1.12. The third kappa shape index (κ3) is 2.75. The molecular formula is C13H18N2. The highest BCUT2D eigenvalue weighted by Gasteiger charge is 2.00. The Morgan fingerprint density at radius 3 is 2.53 bits per heavy atom. The van der Waals surface area contributed by atoms with Gasteiger partial charge in [0.05, 0.1) is 5.52 Å². The fourth-order valence-electron chi connectivity index (χ4n) is 1.36. The van der Waals surface area contributed by atoms with Crippen LogP contribution in [0.1, 0.15) is 39.2 Å². The lowest BCUT2D eigenvalue weighted by Gasteiger charge is -2.05. The lowest BCUT2D eigenvalue weighted by molar-refractivity contribution is 0.868. The summed E-state index contributed by atoms with van der Waals surface area (Å²) in [4.78, 5) is 8.17. The van der Waals surface area contributed by atoms with Gasteiger partial charge in [-0.1, -0.05) is 33.8 Å². The van der Waals surface area contributed by atoms with Gasteiger partial charge in [-0.05, 0) is 23.6 Å². The summed E-state index contributed by atoms with van der Waals surface area (Å²) in [6.07, 6.45) is 3.44. The summed E-state index contributed by atoms with van der Waals surface area (Å²) < 4.78 is 0. The lowest BCUT2D eigenvalue weighted by Crippen LogP contribution is -1.88. The second kappa shape index (κ2) is 5.44. The molecule has 0 amide bonds. The lowest BCUT2D eigenvalue weighted by atomic mass is 10.0. The molecule has 2 heteroatoms. The molecule has 0 fully saturated rings. The average Bonchev–Trinajstić information content (AvgIpc) is 2.31. The fourth-order valence-corrected chi connectivity index (χ4v) is 1.36. The van der Waals surface area contributed by atoms with Crippen molar-refractivity contribution in [2.45, 2.75) is 33.6 Å². The van der Waals surface area contributed by atoms with Crippen LogP contribution in [0.2, 0.25) is 0 Å². The van der Waals surface area contributed by atoms with Crippen molar-refractivity contribution in [1.29, 1.82) is 0 Å². The van der Waals surface area contributed by atoms with E-state index in [1.54, 1.807) is 6.33 Å². The van der Waals surface area contributed by atoms with Gasteiger partial charge in [-0.15, -0.1) is 0 Å². The smallest absolute Gasteiger partial charge is 0.116 e. The zero-order valence-corrected chi connectivity index (χ0v) is 9.86. The maximum Gasteiger partial charge on any atom is 0.116 e. The van der Waals surface area contributed by atoms with E-state index < -0.39 is 0 Å². The summed E-state index contributed by atoms with van der Waals surface area (Å²) in [6.45, 7) is 8.37. The van der Waals surface area contributed by atoms with E-state index in [0.29, 0.717) is 5.92 Å². The van der Waals surface area contributed by atoms with Gasteiger partial charge in [0.1, 0.15) is 6.33 Å². The minimum atomic E-state index is 0.560. The van der Waals surface area contributed by atoms with E-state index in [4.69, 9.17) is 0 Å². The molecule has 0 aliphatic heterocycles. The summed E-state index contributed by atoms with van der Waals surface area (Å²) >= 11 is 0. The molecule has 2 nitrogen and oxygen atoms in total. The molecule has 1 aromatic carbocycles. The van der Waals surface area contributed by atoms with E-state index in [-0.39, 0.29) is 0 Å². The summed E-state index contributed by atoms with van der Waals surface area (Å²) in [5.41, 5.74) is 2.35. The van der Waals surface area contributed by atoms with Gasteiger partial charge in [0.15, 0.2) is 0 Å².